The van der Waals surface area contributed by atoms with Crippen molar-refractivity contribution in [1.82, 2.24) is 30.0 Å². The van der Waals surface area contributed by atoms with Crippen molar-refractivity contribution in [3.05, 3.63) is 36.2 Å². The topological polar surface area (TPSA) is 100 Å². The Morgan fingerprint density at radius 1 is 1.15 bits per heavy atom. The van der Waals surface area contributed by atoms with E-state index in [1.54, 1.807) is 28.9 Å². The molecule has 2 heterocycles. The van der Waals surface area contributed by atoms with E-state index in [1.807, 2.05) is 26.0 Å². The summed E-state index contributed by atoms with van der Waals surface area (Å²) in [7, 11) is 1.80. The Morgan fingerprint density at radius 2 is 1.91 bits per heavy atom. The molecular formula is C21H27F3N8O. The van der Waals surface area contributed by atoms with Crippen LogP contribution >= 0.6 is 0 Å². The summed E-state index contributed by atoms with van der Waals surface area (Å²) in [6.07, 6.45) is -1.71. The third kappa shape index (κ3) is 6.02. The van der Waals surface area contributed by atoms with Gasteiger partial charge in [-0.25, -0.2) is 9.78 Å². The molecule has 3 N–H and O–H groups in total. The lowest BCUT2D eigenvalue weighted by Gasteiger charge is -2.19. The van der Waals surface area contributed by atoms with E-state index in [9.17, 15) is 18.0 Å². The fourth-order valence-electron chi connectivity index (χ4n) is 3.25. The first-order valence-corrected chi connectivity index (χ1v) is 10.6. The van der Waals surface area contributed by atoms with Gasteiger partial charge in [0.05, 0.1) is 11.7 Å². The Hall–Kier alpha value is -3.57. The van der Waals surface area contributed by atoms with Gasteiger partial charge in [-0.15, -0.1) is 0 Å². The largest absolute Gasteiger partial charge is 0.421 e. The molecule has 3 aromatic rings. The molecule has 0 radical (unpaired) electrons. The van der Waals surface area contributed by atoms with Gasteiger partial charge in [-0.1, -0.05) is 0 Å². The second kappa shape index (κ2) is 10.4. The Labute approximate surface area is 189 Å². The molecule has 0 bridgehead atoms. The average molecular weight is 464 g/mol. The third-order valence-corrected chi connectivity index (χ3v) is 5.07. The van der Waals surface area contributed by atoms with Crippen LogP contribution in [0.5, 0.6) is 0 Å². The van der Waals surface area contributed by atoms with E-state index in [1.165, 1.54) is 0 Å². The number of fused-ring (bicyclic) bond motifs is 1. The first kappa shape index (κ1) is 24.1. The number of hydrogen-bond acceptors (Lipinski definition) is 6. The van der Waals surface area contributed by atoms with Crippen LogP contribution in [0.1, 0.15) is 25.8 Å². The van der Waals surface area contributed by atoms with Gasteiger partial charge < -0.3 is 20.9 Å². The number of alkyl halides is 3. The lowest BCUT2D eigenvalue weighted by atomic mass is 10.2. The van der Waals surface area contributed by atoms with Crippen molar-refractivity contribution in [2.45, 2.75) is 26.4 Å². The zero-order chi connectivity index (χ0) is 24.0. The first-order valence-electron chi connectivity index (χ1n) is 10.6. The SMILES string of the molecule is CCN(CC)C(=O)NCCCNc1nc(Nc2ccc3cnn(C)c3c2)ncc1C(F)(F)F. The quantitative estimate of drug-likeness (QED) is 0.414. The number of hydrogen-bond donors (Lipinski definition) is 3. The summed E-state index contributed by atoms with van der Waals surface area (Å²) in [6.45, 7) is 5.43. The normalized spacial score (nSPS) is 11.5. The number of carbonyl (C=O) groups excluding carboxylic acids is 1. The highest BCUT2D eigenvalue weighted by molar-refractivity contribution is 5.83. The summed E-state index contributed by atoms with van der Waals surface area (Å²) < 4.78 is 42.0. The van der Waals surface area contributed by atoms with Crippen molar-refractivity contribution in [3.63, 3.8) is 0 Å². The van der Waals surface area contributed by atoms with Crippen molar-refractivity contribution in [1.29, 1.82) is 0 Å². The Kier molecular flexibility index (Phi) is 7.56. The zero-order valence-corrected chi connectivity index (χ0v) is 18.7. The van der Waals surface area contributed by atoms with Crippen LogP contribution in [0.3, 0.4) is 0 Å². The molecule has 0 atom stereocenters. The van der Waals surface area contributed by atoms with E-state index in [2.05, 4.69) is 31.0 Å². The Bertz CT molecular complexity index is 1090. The van der Waals surface area contributed by atoms with Gasteiger partial charge in [-0.2, -0.15) is 23.3 Å². The molecule has 0 unspecified atom stereocenters. The van der Waals surface area contributed by atoms with Gasteiger partial charge in [0.1, 0.15) is 11.4 Å². The molecule has 178 valence electrons. The second-order valence-corrected chi connectivity index (χ2v) is 7.30. The lowest BCUT2D eigenvalue weighted by molar-refractivity contribution is -0.137. The van der Waals surface area contributed by atoms with Crippen LogP contribution in [-0.4, -0.2) is 56.9 Å². The number of rotatable bonds is 9. The highest BCUT2D eigenvalue weighted by Gasteiger charge is 2.35. The van der Waals surface area contributed by atoms with Crippen molar-refractivity contribution in [2.24, 2.45) is 7.05 Å². The second-order valence-electron chi connectivity index (χ2n) is 7.30. The summed E-state index contributed by atoms with van der Waals surface area (Å²) in [5.74, 6) is -0.293. The molecule has 33 heavy (non-hydrogen) atoms. The molecule has 0 aliphatic carbocycles. The maximum atomic E-state index is 13.4. The molecule has 0 saturated carbocycles. The lowest BCUT2D eigenvalue weighted by Crippen LogP contribution is -2.40. The summed E-state index contributed by atoms with van der Waals surface area (Å²) >= 11 is 0. The molecule has 2 amide bonds. The average Bonchev–Trinajstić information content (AvgIpc) is 3.14. The fourth-order valence-corrected chi connectivity index (χ4v) is 3.25. The van der Waals surface area contributed by atoms with Crippen molar-refractivity contribution >= 4 is 34.4 Å². The van der Waals surface area contributed by atoms with Crippen molar-refractivity contribution in [2.75, 3.05) is 36.8 Å². The molecule has 0 fully saturated rings. The standard InChI is InChI=1S/C21H27F3N8O/c1-4-32(5-2)20(33)26-10-6-9-25-18-16(21(22,23)24)13-27-19(30-18)29-15-8-7-14-12-28-31(3)17(14)11-15/h7-8,11-13H,4-6,9-10H2,1-3H3,(H,26,33)(H2,25,27,29,30). The smallest absolute Gasteiger partial charge is 0.369 e. The van der Waals surface area contributed by atoms with E-state index >= 15 is 0 Å². The van der Waals surface area contributed by atoms with Crippen LogP contribution in [-0.2, 0) is 13.2 Å². The number of aryl methyl sites for hydroxylation is 1. The minimum absolute atomic E-state index is 0.0295. The first-order chi connectivity index (χ1) is 15.7. The van der Waals surface area contributed by atoms with Gasteiger partial charge in [0, 0.05) is 50.5 Å². The number of amides is 2. The number of nitrogens with one attached hydrogen (secondary N) is 3. The number of aromatic nitrogens is 4. The number of benzene rings is 1. The molecular weight excluding hydrogens is 437 g/mol. The number of urea groups is 1. The molecule has 9 nitrogen and oxygen atoms in total. The van der Waals surface area contributed by atoms with Crippen LogP contribution in [0.25, 0.3) is 10.9 Å². The number of halogens is 3. The van der Waals surface area contributed by atoms with E-state index in [0.717, 1.165) is 17.1 Å². The van der Waals surface area contributed by atoms with Gasteiger partial charge in [-0.3, -0.25) is 4.68 Å². The Morgan fingerprint density at radius 3 is 2.61 bits per heavy atom. The van der Waals surface area contributed by atoms with Crippen molar-refractivity contribution < 1.29 is 18.0 Å². The van der Waals surface area contributed by atoms with Crippen LogP contribution in [0.15, 0.2) is 30.6 Å². The summed E-state index contributed by atoms with van der Waals surface area (Å²) in [5.41, 5.74) is 0.523. The van der Waals surface area contributed by atoms with Crippen LogP contribution in [0, 0.1) is 0 Å². The molecule has 2 aromatic heterocycles. The minimum atomic E-state index is -4.61. The van der Waals surface area contributed by atoms with Gasteiger partial charge in [0.2, 0.25) is 5.95 Å². The van der Waals surface area contributed by atoms with Crippen LogP contribution < -0.4 is 16.0 Å². The maximum absolute atomic E-state index is 13.4. The van der Waals surface area contributed by atoms with E-state index in [4.69, 9.17) is 0 Å². The highest BCUT2D eigenvalue weighted by Crippen LogP contribution is 2.34. The molecule has 0 saturated heterocycles. The molecule has 0 aliphatic rings. The van der Waals surface area contributed by atoms with Crippen LogP contribution in [0.4, 0.5) is 35.4 Å². The van der Waals surface area contributed by atoms with Gasteiger partial charge >= 0.3 is 12.2 Å². The maximum Gasteiger partial charge on any atom is 0.421 e. The molecule has 12 heteroatoms. The fraction of sp³-hybridized carbons (Fsp3) is 0.429. The molecule has 1 aromatic carbocycles. The summed E-state index contributed by atoms with van der Waals surface area (Å²) in [5, 5.41) is 13.5. The number of anilines is 3. The number of nitrogens with zero attached hydrogens (tertiary/aromatic N) is 5. The van der Waals surface area contributed by atoms with Gasteiger partial charge in [0.15, 0.2) is 0 Å². The highest BCUT2D eigenvalue weighted by atomic mass is 19.4. The minimum Gasteiger partial charge on any atom is -0.369 e. The molecule has 0 aliphatic heterocycles. The van der Waals surface area contributed by atoms with Gasteiger partial charge in [-0.05, 0) is 38.5 Å². The zero-order valence-electron chi connectivity index (χ0n) is 18.7. The third-order valence-electron chi connectivity index (χ3n) is 5.07. The molecule has 0 spiro atoms. The number of carbonyl (C=O) groups is 1. The monoisotopic (exact) mass is 464 g/mol. The van der Waals surface area contributed by atoms with Crippen LogP contribution in [0.2, 0.25) is 0 Å². The van der Waals surface area contributed by atoms with E-state index in [0.29, 0.717) is 31.7 Å². The van der Waals surface area contributed by atoms with E-state index < -0.39 is 11.7 Å². The van der Waals surface area contributed by atoms with Crippen molar-refractivity contribution in [3.8, 4) is 0 Å². The van der Waals surface area contributed by atoms with Gasteiger partial charge in [0.25, 0.3) is 0 Å². The predicted octanol–water partition coefficient (Wildman–Crippen LogP) is 3.98. The summed E-state index contributed by atoms with van der Waals surface area (Å²) in [4.78, 5) is 21.4. The van der Waals surface area contributed by atoms with E-state index in [-0.39, 0.29) is 24.3 Å². The Balaban J connectivity index is 1.67. The molecule has 3 rings (SSSR count). The predicted molar refractivity (Wildman–Crippen MR) is 120 cm³/mol. The summed E-state index contributed by atoms with van der Waals surface area (Å²) in [6, 6.07) is 5.24.